The smallest absolute Gasteiger partial charge is 0.435 e. The van der Waals surface area contributed by atoms with E-state index in [4.69, 9.17) is 9.26 Å². The van der Waals surface area contributed by atoms with Gasteiger partial charge in [0, 0.05) is 17.7 Å². The van der Waals surface area contributed by atoms with Crippen LogP contribution in [0, 0.1) is 5.92 Å². The van der Waals surface area contributed by atoms with Crippen molar-refractivity contribution < 1.29 is 27.2 Å². The Hall–Kier alpha value is -3.17. The van der Waals surface area contributed by atoms with Crippen LogP contribution in [0.2, 0.25) is 0 Å². The molecule has 0 saturated carbocycles. The molecule has 3 aromatic rings. The zero-order valence-corrected chi connectivity index (χ0v) is 15.2. The van der Waals surface area contributed by atoms with Crippen molar-refractivity contribution in [3.63, 3.8) is 0 Å². The van der Waals surface area contributed by atoms with Crippen LogP contribution in [0.1, 0.15) is 40.7 Å². The third kappa shape index (κ3) is 4.30. The number of benzene rings is 1. The Labute approximate surface area is 163 Å². The first-order valence-corrected chi connectivity index (χ1v) is 9.05. The molecule has 0 saturated heterocycles. The van der Waals surface area contributed by atoms with Crippen LogP contribution in [-0.4, -0.2) is 26.3 Å². The Morgan fingerprint density at radius 2 is 2.07 bits per heavy atom. The largest absolute Gasteiger partial charge is 0.455 e. The second-order valence-electron chi connectivity index (χ2n) is 6.84. The molecule has 0 bridgehead atoms. The average Bonchev–Trinajstić information content (AvgIpc) is 3.32. The van der Waals surface area contributed by atoms with Crippen molar-refractivity contribution in [3.05, 3.63) is 64.6 Å². The summed E-state index contributed by atoms with van der Waals surface area (Å²) < 4.78 is 49.4. The molecule has 10 heteroatoms. The summed E-state index contributed by atoms with van der Waals surface area (Å²) >= 11 is 0. The van der Waals surface area contributed by atoms with Crippen molar-refractivity contribution in [1.82, 2.24) is 20.3 Å². The van der Waals surface area contributed by atoms with Crippen molar-refractivity contribution in [2.24, 2.45) is 5.92 Å². The summed E-state index contributed by atoms with van der Waals surface area (Å²) in [7, 11) is 0. The number of hydrogen-bond donors (Lipinski definition) is 1. The summed E-state index contributed by atoms with van der Waals surface area (Å²) in [6, 6.07) is 9.56. The molecule has 7 nitrogen and oxygen atoms in total. The fourth-order valence-electron chi connectivity index (χ4n) is 3.38. The van der Waals surface area contributed by atoms with Crippen molar-refractivity contribution in [3.8, 4) is 0 Å². The molecule has 1 aliphatic rings. The van der Waals surface area contributed by atoms with Gasteiger partial charge in [-0.15, -0.1) is 0 Å². The second kappa shape index (κ2) is 7.69. The average molecular weight is 406 g/mol. The van der Waals surface area contributed by atoms with Gasteiger partial charge in [0.05, 0.1) is 5.92 Å². The van der Waals surface area contributed by atoms with E-state index in [2.05, 4.69) is 20.3 Å². The molecule has 0 fully saturated rings. The Morgan fingerprint density at radius 1 is 1.28 bits per heavy atom. The van der Waals surface area contributed by atoms with E-state index in [0.29, 0.717) is 30.8 Å². The van der Waals surface area contributed by atoms with Crippen molar-refractivity contribution in [2.45, 2.75) is 38.5 Å². The molecule has 1 unspecified atom stereocenters. The van der Waals surface area contributed by atoms with E-state index in [1.807, 2.05) is 30.3 Å². The maximum Gasteiger partial charge on any atom is 0.435 e. The number of carbonyl (C=O) groups excluding carboxylic acids is 1. The predicted octanol–water partition coefficient (Wildman–Crippen LogP) is 3.25. The molecule has 0 amide bonds. The molecule has 2 aromatic heterocycles. The van der Waals surface area contributed by atoms with Crippen LogP contribution in [0.15, 0.2) is 34.9 Å². The van der Waals surface area contributed by atoms with Crippen LogP contribution in [0.4, 0.5) is 13.2 Å². The van der Waals surface area contributed by atoms with E-state index < -0.39 is 23.8 Å². The summed E-state index contributed by atoms with van der Waals surface area (Å²) in [6.45, 7) is -0.221. The lowest BCUT2D eigenvalue weighted by Crippen LogP contribution is -2.25. The Balaban J connectivity index is 1.34. The highest BCUT2D eigenvalue weighted by molar-refractivity contribution is 5.73. The number of nitrogens with one attached hydrogen (secondary N) is 1. The van der Waals surface area contributed by atoms with Gasteiger partial charge < -0.3 is 9.26 Å². The number of halogens is 3. The molecule has 1 N–H and O–H groups in total. The monoisotopic (exact) mass is 406 g/mol. The third-order valence-electron chi connectivity index (χ3n) is 4.80. The van der Waals surface area contributed by atoms with E-state index >= 15 is 0 Å². The fraction of sp³-hybridized carbons (Fsp3) is 0.368. The zero-order chi connectivity index (χ0) is 20.4. The number of H-pyrrole nitrogens is 1. The van der Waals surface area contributed by atoms with E-state index in [0.717, 1.165) is 5.56 Å². The molecule has 0 radical (unpaired) electrons. The number of nitrogens with zero attached hydrogens (tertiary/aromatic N) is 3. The van der Waals surface area contributed by atoms with Crippen molar-refractivity contribution in [1.29, 1.82) is 0 Å². The minimum atomic E-state index is -4.56. The fourth-order valence-corrected chi connectivity index (χ4v) is 3.38. The maximum absolute atomic E-state index is 13.0. The standard InChI is InChI=1S/C19H17F3N4O3/c20-19(21,22)17-13-9-12(6-7-14(13)24-25-17)18(27)28-10-16-23-15(26-29-16)8-11-4-2-1-3-5-11/h1-5,12H,6-10H2,(H,24,25). The van der Waals surface area contributed by atoms with Crippen LogP contribution in [-0.2, 0) is 41.6 Å². The normalized spacial score (nSPS) is 16.4. The third-order valence-corrected chi connectivity index (χ3v) is 4.80. The highest BCUT2D eigenvalue weighted by atomic mass is 19.4. The first kappa shape index (κ1) is 19.2. The lowest BCUT2D eigenvalue weighted by Gasteiger charge is -2.21. The summed E-state index contributed by atoms with van der Waals surface area (Å²) in [5.74, 6) is -0.668. The summed E-state index contributed by atoms with van der Waals surface area (Å²) in [5.41, 5.74) is 0.500. The minimum Gasteiger partial charge on any atom is -0.455 e. The number of aromatic nitrogens is 4. The van der Waals surface area contributed by atoms with Crippen LogP contribution >= 0.6 is 0 Å². The Bertz CT molecular complexity index is 998. The number of esters is 1. The van der Waals surface area contributed by atoms with E-state index in [1.54, 1.807) is 0 Å². The molecule has 1 atom stereocenters. The van der Waals surface area contributed by atoms with Gasteiger partial charge in [0.2, 0.25) is 0 Å². The van der Waals surface area contributed by atoms with Gasteiger partial charge in [0.25, 0.3) is 5.89 Å². The molecule has 0 spiro atoms. The van der Waals surface area contributed by atoms with Crippen molar-refractivity contribution in [2.75, 3.05) is 0 Å². The lowest BCUT2D eigenvalue weighted by molar-refractivity contribution is -0.152. The van der Waals surface area contributed by atoms with Crippen LogP contribution in [0.3, 0.4) is 0 Å². The topological polar surface area (TPSA) is 93.9 Å². The number of aryl methyl sites for hydroxylation is 1. The number of ether oxygens (including phenoxy) is 1. The molecule has 4 rings (SSSR count). The number of hydrogen-bond acceptors (Lipinski definition) is 6. The SMILES string of the molecule is O=C(OCc1nc(Cc2ccccc2)no1)C1CCc2[nH]nc(C(F)(F)F)c2C1. The quantitative estimate of drug-likeness (QED) is 0.654. The summed E-state index contributed by atoms with van der Waals surface area (Å²) in [4.78, 5) is 16.5. The minimum absolute atomic E-state index is 0.0358. The van der Waals surface area contributed by atoms with Crippen LogP contribution in [0.25, 0.3) is 0 Å². The number of fused-ring (bicyclic) bond motifs is 1. The zero-order valence-electron chi connectivity index (χ0n) is 15.2. The van der Waals surface area contributed by atoms with Crippen LogP contribution in [0.5, 0.6) is 0 Å². The van der Waals surface area contributed by atoms with Crippen LogP contribution < -0.4 is 0 Å². The predicted molar refractivity (Wildman–Crippen MR) is 92.4 cm³/mol. The van der Waals surface area contributed by atoms with E-state index in [1.165, 1.54) is 0 Å². The molecule has 152 valence electrons. The van der Waals surface area contributed by atoms with Gasteiger partial charge in [0.1, 0.15) is 0 Å². The van der Waals surface area contributed by atoms with E-state index in [-0.39, 0.29) is 24.5 Å². The molecule has 2 heterocycles. The van der Waals surface area contributed by atoms with Gasteiger partial charge in [-0.3, -0.25) is 9.89 Å². The highest BCUT2D eigenvalue weighted by Crippen LogP contribution is 2.36. The van der Waals surface area contributed by atoms with Gasteiger partial charge in [-0.25, -0.2) is 0 Å². The number of rotatable bonds is 5. The molecule has 0 aliphatic heterocycles. The Kier molecular flexibility index (Phi) is 5.08. The molecule has 1 aliphatic carbocycles. The number of carbonyl (C=O) groups is 1. The first-order valence-electron chi connectivity index (χ1n) is 9.05. The summed E-state index contributed by atoms with van der Waals surface area (Å²) in [6.07, 6.45) is -3.46. The first-order chi connectivity index (χ1) is 13.9. The van der Waals surface area contributed by atoms with Gasteiger partial charge in [0.15, 0.2) is 18.1 Å². The number of alkyl halides is 3. The Morgan fingerprint density at radius 3 is 2.83 bits per heavy atom. The second-order valence-corrected chi connectivity index (χ2v) is 6.84. The van der Waals surface area contributed by atoms with E-state index in [9.17, 15) is 18.0 Å². The van der Waals surface area contributed by atoms with Gasteiger partial charge in [-0.05, 0) is 24.8 Å². The van der Waals surface area contributed by atoms with Gasteiger partial charge >= 0.3 is 12.1 Å². The van der Waals surface area contributed by atoms with Crippen molar-refractivity contribution >= 4 is 5.97 Å². The van der Waals surface area contributed by atoms with Gasteiger partial charge in [-0.2, -0.15) is 23.3 Å². The van der Waals surface area contributed by atoms with Gasteiger partial charge in [-0.1, -0.05) is 35.5 Å². The molecular formula is C19H17F3N4O3. The molecule has 29 heavy (non-hydrogen) atoms. The maximum atomic E-state index is 13.0. The number of aromatic amines is 1. The molecular weight excluding hydrogens is 389 g/mol. The molecule has 1 aromatic carbocycles. The summed E-state index contributed by atoms with van der Waals surface area (Å²) in [5, 5.41) is 9.62. The lowest BCUT2D eigenvalue weighted by atomic mass is 9.86. The highest BCUT2D eigenvalue weighted by Gasteiger charge is 2.40.